The molecule has 1 aromatic heterocycles. The minimum atomic E-state index is -0.900. The first-order chi connectivity index (χ1) is 17.9. The van der Waals surface area contributed by atoms with Gasteiger partial charge in [0.2, 0.25) is 5.91 Å². The zero-order valence-electron chi connectivity index (χ0n) is 23.8. The number of hydrogen-bond acceptors (Lipinski definition) is 5. The average Bonchev–Trinajstić information content (AvgIpc) is 3.28. The molecular formula is C28H42F2N4O4. The van der Waals surface area contributed by atoms with Gasteiger partial charge in [0.05, 0.1) is 31.5 Å². The second kappa shape index (κ2) is 14.1. The molecule has 0 aliphatic heterocycles. The summed E-state index contributed by atoms with van der Waals surface area (Å²) < 4.78 is 41.6. The lowest BCUT2D eigenvalue weighted by Gasteiger charge is -2.21. The molecule has 2 N–H and O–H groups in total. The van der Waals surface area contributed by atoms with Crippen molar-refractivity contribution in [2.24, 2.45) is 11.8 Å². The summed E-state index contributed by atoms with van der Waals surface area (Å²) in [5, 5.41) is 10.4. The van der Waals surface area contributed by atoms with Crippen LogP contribution in [0.3, 0.4) is 0 Å². The van der Waals surface area contributed by atoms with Gasteiger partial charge in [0.15, 0.2) is 28.8 Å². The van der Waals surface area contributed by atoms with Gasteiger partial charge in [0, 0.05) is 25.1 Å². The second-order valence-electron chi connectivity index (χ2n) is 10.3. The van der Waals surface area contributed by atoms with Gasteiger partial charge in [-0.25, -0.2) is 8.78 Å². The number of nitrogens with zero attached hydrogens (tertiary/aromatic N) is 2. The lowest BCUT2D eigenvalue weighted by molar-refractivity contribution is -0.121. The number of nitrogens with one attached hydrogen (secondary N) is 2. The van der Waals surface area contributed by atoms with E-state index in [1.54, 1.807) is 4.68 Å². The fourth-order valence-electron chi connectivity index (χ4n) is 4.22. The van der Waals surface area contributed by atoms with Crippen LogP contribution < -0.4 is 20.1 Å². The van der Waals surface area contributed by atoms with Gasteiger partial charge in [-0.1, -0.05) is 41.0 Å². The Morgan fingerprint density at radius 3 is 2.13 bits per heavy atom. The second-order valence-corrected chi connectivity index (χ2v) is 10.3. The molecule has 0 aliphatic rings. The van der Waals surface area contributed by atoms with Crippen molar-refractivity contribution in [3.05, 3.63) is 29.5 Å². The van der Waals surface area contributed by atoms with Gasteiger partial charge in [-0.05, 0) is 37.7 Å². The predicted octanol–water partition coefficient (Wildman–Crippen LogP) is 5.51. The summed E-state index contributed by atoms with van der Waals surface area (Å²) in [4.78, 5) is 25.8. The lowest BCUT2D eigenvalue weighted by atomic mass is 10.0. The summed E-state index contributed by atoms with van der Waals surface area (Å²) >= 11 is 0. The SMILES string of the molecule is CCCCNC(=O)C[C@H](CC(C)C)NC(=O)c1cc(-c2c(OC)c(F)cc(F)c2OC)n(C(C)C(C)C)n1. The van der Waals surface area contributed by atoms with E-state index in [2.05, 4.69) is 15.7 Å². The molecule has 2 aromatic rings. The normalized spacial score (nSPS) is 12.9. The van der Waals surface area contributed by atoms with Crippen LogP contribution in [0, 0.1) is 23.5 Å². The highest BCUT2D eigenvalue weighted by molar-refractivity contribution is 5.94. The number of methoxy groups -OCH3 is 2. The Balaban J connectivity index is 2.52. The number of halogens is 2. The van der Waals surface area contributed by atoms with E-state index in [1.807, 2.05) is 41.5 Å². The maximum Gasteiger partial charge on any atom is 0.272 e. The number of amides is 2. The molecule has 0 saturated carbocycles. The lowest BCUT2D eigenvalue weighted by Crippen LogP contribution is -2.40. The minimum Gasteiger partial charge on any atom is -0.493 e. The van der Waals surface area contributed by atoms with Crippen LogP contribution in [0.1, 0.15) is 83.8 Å². The van der Waals surface area contributed by atoms with Gasteiger partial charge < -0.3 is 20.1 Å². The third-order valence-corrected chi connectivity index (χ3v) is 6.50. The first kappa shape index (κ1) is 31.1. The number of carbonyl (C=O) groups excluding carboxylic acids is 2. The maximum atomic E-state index is 14.7. The Bertz CT molecular complexity index is 1070. The van der Waals surface area contributed by atoms with E-state index in [4.69, 9.17) is 9.47 Å². The average molecular weight is 537 g/mol. The van der Waals surface area contributed by atoms with Gasteiger partial charge >= 0.3 is 0 Å². The van der Waals surface area contributed by atoms with E-state index in [9.17, 15) is 18.4 Å². The molecule has 8 nitrogen and oxygen atoms in total. The minimum absolute atomic E-state index is 0.0283. The molecular weight excluding hydrogens is 494 g/mol. The molecule has 212 valence electrons. The van der Waals surface area contributed by atoms with E-state index in [0.29, 0.717) is 19.0 Å². The number of benzene rings is 1. The predicted molar refractivity (Wildman–Crippen MR) is 143 cm³/mol. The molecule has 0 bridgehead atoms. The number of rotatable bonds is 14. The first-order valence-electron chi connectivity index (χ1n) is 13.2. The quantitative estimate of drug-likeness (QED) is 0.310. The highest BCUT2D eigenvalue weighted by Crippen LogP contribution is 2.43. The molecule has 1 unspecified atom stereocenters. The Kier molecular flexibility index (Phi) is 11.5. The highest BCUT2D eigenvalue weighted by atomic mass is 19.1. The van der Waals surface area contributed by atoms with Gasteiger partial charge in [0.1, 0.15) is 0 Å². The number of aromatic nitrogens is 2. The summed E-state index contributed by atoms with van der Waals surface area (Å²) in [7, 11) is 2.56. The molecule has 2 amide bonds. The van der Waals surface area contributed by atoms with E-state index >= 15 is 0 Å². The molecule has 2 atom stereocenters. The largest absolute Gasteiger partial charge is 0.493 e. The van der Waals surface area contributed by atoms with Crippen molar-refractivity contribution in [2.75, 3.05) is 20.8 Å². The number of carbonyl (C=O) groups is 2. The maximum absolute atomic E-state index is 14.7. The fraction of sp³-hybridized carbons (Fsp3) is 0.607. The molecule has 0 radical (unpaired) electrons. The monoisotopic (exact) mass is 536 g/mol. The van der Waals surface area contributed by atoms with Crippen molar-refractivity contribution in [1.82, 2.24) is 20.4 Å². The zero-order chi connectivity index (χ0) is 28.6. The number of ether oxygens (including phenoxy) is 2. The van der Waals surface area contributed by atoms with Crippen LogP contribution in [0.15, 0.2) is 12.1 Å². The van der Waals surface area contributed by atoms with Crippen LogP contribution in [-0.4, -0.2) is 48.4 Å². The van der Waals surface area contributed by atoms with E-state index in [0.717, 1.165) is 12.8 Å². The van der Waals surface area contributed by atoms with Gasteiger partial charge in [-0.15, -0.1) is 0 Å². The summed E-state index contributed by atoms with van der Waals surface area (Å²) in [6.07, 6.45) is 2.59. The third kappa shape index (κ3) is 7.68. The highest BCUT2D eigenvalue weighted by Gasteiger charge is 2.29. The van der Waals surface area contributed by atoms with Crippen LogP contribution >= 0.6 is 0 Å². The molecule has 1 heterocycles. The van der Waals surface area contributed by atoms with E-state index in [1.165, 1.54) is 20.3 Å². The molecule has 0 saturated heterocycles. The van der Waals surface area contributed by atoms with E-state index < -0.39 is 23.6 Å². The topological polar surface area (TPSA) is 94.5 Å². The fourth-order valence-corrected chi connectivity index (χ4v) is 4.22. The Morgan fingerprint density at radius 1 is 1.03 bits per heavy atom. The smallest absolute Gasteiger partial charge is 0.272 e. The standard InChI is InChI=1S/C28H42F2N4O4/c1-9-10-11-31-24(35)13-19(12-16(2)3)32-28(36)22-15-23(34(33-22)18(6)17(4)5)25-26(37-7)20(29)14-21(30)27(25)38-8/h14-19H,9-13H2,1-8H3,(H,31,35)(H,32,36)/t18?,19-/m0/s1. The molecule has 0 spiro atoms. The summed E-state index contributed by atoms with van der Waals surface area (Å²) in [6.45, 7) is 12.5. The Hall–Kier alpha value is -3.17. The van der Waals surface area contributed by atoms with Crippen molar-refractivity contribution in [1.29, 1.82) is 0 Å². The third-order valence-electron chi connectivity index (χ3n) is 6.50. The van der Waals surface area contributed by atoms with Crippen LogP contribution in [0.5, 0.6) is 11.5 Å². The first-order valence-corrected chi connectivity index (χ1v) is 13.2. The summed E-state index contributed by atoms with van der Waals surface area (Å²) in [5.41, 5.74) is 0.364. The van der Waals surface area contributed by atoms with Crippen molar-refractivity contribution >= 4 is 11.8 Å². The van der Waals surface area contributed by atoms with Crippen LogP contribution in [0.4, 0.5) is 8.78 Å². The van der Waals surface area contributed by atoms with Gasteiger partial charge in [-0.2, -0.15) is 5.10 Å². The Labute approximate surface area is 224 Å². The van der Waals surface area contributed by atoms with Gasteiger partial charge in [0.25, 0.3) is 5.91 Å². The number of unbranched alkanes of at least 4 members (excludes halogenated alkanes) is 1. The van der Waals surface area contributed by atoms with Crippen molar-refractivity contribution in [3.8, 4) is 22.8 Å². The van der Waals surface area contributed by atoms with Crippen molar-refractivity contribution in [2.45, 2.75) is 79.3 Å². The van der Waals surface area contributed by atoms with Gasteiger partial charge in [-0.3, -0.25) is 14.3 Å². The van der Waals surface area contributed by atoms with Crippen LogP contribution in [-0.2, 0) is 4.79 Å². The van der Waals surface area contributed by atoms with Crippen molar-refractivity contribution < 1.29 is 27.8 Å². The molecule has 2 rings (SSSR count). The molecule has 1 aromatic carbocycles. The molecule has 38 heavy (non-hydrogen) atoms. The molecule has 10 heteroatoms. The number of hydrogen-bond donors (Lipinski definition) is 2. The van der Waals surface area contributed by atoms with Crippen LogP contribution in [0.25, 0.3) is 11.3 Å². The molecule has 0 fully saturated rings. The van der Waals surface area contributed by atoms with E-state index in [-0.39, 0.29) is 58.7 Å². The Morgan fingerprint density at radius 2 is 1.63 bits per heavy atom. The van der Waals surface area contributed by atoms with Crippen molar-refractivity contribution in [3.63, 3.8) is 0 Å². The van der Waals surface area contributed by atoms with Crippen LogP contribution in [0.2, 0.25) is 0 Å². The zero-order valence-corrected chi connectivity index (χ0v) is 23.8. The summed E-state index contributed by atoms with van der Waals surface area (Å²) in [6, 6.07) is 1.53. The molecule has 0 aliphatic carbocycles. The summed E-state index contributed by atoms with van der Waals surface area (Å²) in [5.74, 6) is -2.52.